The molecule has 48 heavy (non-hydrogen) atoms. The van der Waals surface area contributed by atoms with E-state index in [9.17, 15) is 34.1 Å². The number of alkyl halides is 4. The molecule has 1 aliphatic heterocycles. The van der Waals surface area contributed by atoms with Gasteiger partial charge in [0.1, 0.15) is 53.3 Å². The molecular formula is C27H21Cl6NO14. The Kier molecular flexibility index (Phi) is 15.0. The number of nitro groups is 1. The molecule has 0 aromatic heterocycles. The summed E-state index contributed by atoms with van der Waals surface area (Å²) in [6.45, 7) is -0.754. The normalized spacial score (nSPS) is 20.2. The highest BCUT2D eigenvalue weighted by atomic mass is 35.5. The topological polar surface area (TPSA) is 193 Å². The summed E-state index contributed by atoms with van der Waals surface area (Å²) < 4.78 is 37.6. The first-order valence-electron chi connectivity index (χ1n) is 13.1. The molecule has 0 radical (unpaired) electrons. The Labute approximate surface area is 300 Å². The van der Waals surface area contributed by atoms with Crippen molar-refractivity contribution in [3.8, 4) is 11.5 Å². The molecular weight excluding hydrogens is 775 g/mol. The van der Waals surface area contributed by atoms with Crippen LogP contribution in [0.5, 0.6) is 11.5 Å². The fraction of sp³-hybridized carbons (Fsp3) is 0.370. The van der Waals surface area contributed by atoms with Crippen LogP contribution in [0, 0.1) is 10.1 Å². The van der Waals surface area contributed by atoms with Crippen molar-refractivity contribution in [2.45, 2.75) is 30.7 Å². The standard InChI is InChI=1S/C27H21Cl6NO14/c28-7-19(35)42-11-18-23(45-20(36)8-29)24(46-21(37)9-30)25(47-22(38)10-31)27(44-18)48-26(39)14-6-13(2-3-16(14)34(40)41)43-17-4-1-12(32)5-15(17)33/h1-6,18,23-25,27H,7-11H2/t18-,23+,24+,25-,27-/m1/s1. The molecule has 0 N–H and O–H groups in total. The van der Waals surface area contributed by atoms with Crippen molar-refractivity contribution < 1.29 is 62.1 Å². The second-order valence-corrected chi connectivity index (χ2v) is 11.1. The summed E-state index contributed by atoms with van der Waals surface area (Å²) in [7, 11) is 0. The maximum absolute atomic E-state index is 13.6. The van der Waals surface area contributed by atoms with Crippen LogP contribution in [-0.2, 0) is 47.6 Å². The van der Waals surface area contributed by atoms with Gasteiger partial charge in [-0.1, -0.05) is 23.2 Å². The van der Waals surface area contributed by atoms with Crippen LogP contribution in [0.4, 0.5) is 5.69 Å². The molecule has 0 aliphatic carbocycles. The van der Waals surface area contributed by atoms with E-state index < -0.39 is 107 Å². The smallest absolute Gasteiger partial charge is 0.347 e. The molecule has 0 saturated carbocycles. The lowest BCUT2D eigenvalue weighted by atomic mass is 9.98. The predicted molar refractivity (Wildman–Crippen MR) is 167 cm³/mol. The molecule has 0 unspecified atom stereocenters. The van der Waals surface area contributed by atoms with Gasteiger partial charge in [-0.2, -0.15) is 0 Å². The number of rotatable bonds is 14. The summed E-state index contributed by atoms with van der Waals surface area (Å²) in [4.78, 5) is 73.3. The lowest BCUT2D eigenvalue weighted by molar-refractivity contribution is -0.385. The SMILES string of the molecule is O=C(CCl)OC[C@H]1O[C@H](OC(=O)c2cc(Oc3ccc(Cl)cc3Cl)ccc2[N+](=O)[O-])[C@H](OC(=O)CCl)[C@@H](OC(=O)CCl)[C@H]1OC(=O)CCl. The number of halogens is 6. The highest BCUT2D eigenvalue weighted by Gasteiger charge is 2.54. The van der Waals surface area contributed by atoms with Crippen molar-refractivity contribution >= 4 is 105 Å². The molecule has 2 aromatic carbocycles. The summed E-state index contributed by atoms with van der Waals surface area (Å²) in [6.07, 6.45) is -9.24. The first-order chi connectivity index (χ1) is 22.8. The van der Waals surface area contributed by atoms with Gasteiger partial charge in [0.05, 0.1) is 9.95 Å². The van der Waals surface area contributed by atoms with Crippen molar-refractivity contribution in [3.05, 3.63) is 62.1 Å². The molecule has 0 spiro atoms. The van der Waals surface area contributed by atoms with Crippen LogP contribution in [0.1, 0.15) is 10.4 Å². The van der Waals surface area contributed by atoms with E-state index in [4.69, 9.17) is 103 Å². The Balaban J connectivity index is 2.07. The van der Waals surface area contributed by atoms with E-state index >= 15 is 0 Å². The van der Waals surface area contributed by atoms with Gasteiger partial charge in [-0.25, -0.2) is 4.79 Å². The summed E-state index contributed by atoms with van der Waals surface area (Å²) in [5, 5.41) is 12.2. The molecule has 0 amide bonds. The first kappa shape index (κ1) is 39.1. The number of benzene rings is 2. The molecule has 15 nitrogen and oxygen atoms in total. The van der Waals surface area contributed by atoms with Crippen molar-refractivity contribution in [2.24, 2.45) is 0 Å². The van der Waals surface area contributed by atoms with Gasteiger partial charge in [-0.05, 0) is 24.3 Å². The minimum Gasteiger partial charge on any atom is -0.462 e. The number of nitrogens with zero attached hydrogens (tertiary/aromatic N) is 1. The fourth-order valence-electron chi connectivity index (χ4n) is 4.03. The van der Waals surface area contributed by atoms with Crippen LogP contribution < -0.4 is 4.74 Å². The zero-order chi connectivity index (χ0) is 35.5. The van der Waals surface area contributed by atoms with E-state index in [1.165, 1.54) is 24.3 Å². The summed E-state index contributed by atoms with van der Waals surface area (Å²) in [6, 6.07) is 7.28. The van der Waals surface area contributed by atoms with Crippen LogP contribution in [0.3, 0.4) is 0 Å². The third-order valence-corrected chi connectivity index (χ3v) is 7.37. The molecule has 21 heteroatoms. The third kappa shape index (κ3) is 10.6. The molecule has 5 atom stereocenters. The highest BCUT2D eigenvalue weighted by Crippen LogP contribution is 2.35. The zero-order valence-corrected chi connectivity index (χ0v) is 28.4. The van der Waals surface area contributed by atoms with Gasteiger partial charge in [0.15, 0.2) is 12.2 Å². The van der Waals surface area contributed by atoms with Gasteiger partial charge in [0, 0.05) is 17.2 Å². The maximum atomic E-state index is 13.6. The number of hydrogen-bond acceptors (Lipinski definition) is 14. The molecule has 0 bridgehead atoms. The van der Waals surface area contributed by atoms with E-state index in [2.05, 4.69) is 0 Å². The molecule has 1 heterocycles. The molecule has 3 rings (SSSR count). The Bertz CT molecular complexity index is 1540. The van der Waals surface area contributed by atoms with E-state index in [0.717, 1.165) is 12.1 Å². The quantitative estimate of drug-likeness (QED) is 0.0832. The van der Waals surface area contributed by atoms with Crippen LogP contribution in [-0.4, -0.2) is 95.6 Å². The third-order valence-electron chi connectivity index (χ3n) is 5.97. The average Bonchev–Trinajstić information content (AvgIpc) is 3.06. The highest BCUT2D eigenvalue weighted by molar-refractivity contribution is 6.35. The van der Waals surface area contributed by atoms with Gasteiger partial charge >= 0.3 is 29.8 Å². The van der Waals surface area contributed by atoms with Crippen LogP contribution >= 0.6 is 69.6 Å². The van der Waals surface area contributed by atoms with Crippen LogP contribution in [0.25, 0.3) is 0 Å². The fourth-order valence-corrected chi connectivity index (χ4v) is 4.74. The Morgan fingerprint density at radius 1 is 0.750 bits per heavy atom. The lowest BCUT2D eigenvalue weighted by Gasteiger charge is -2.43. The molecule has 2 aromatic rings. The number of hydrogen-bond donors (Lipinski definition) is 0. The average molecular weight is 796 g/mol. The second kappa shape index (κ2) is 18.5. The van der Waals surface area contributed by atoms with Gasteiger partial charge in [-0.3, -0.25) is 29.3 Å². The number of esters is 5. The summed E-state index contributed by atoms with van der Waals surface area (Å²) in [5.41, 5.74) is -1.45. The van der Waals surface area contributed by atoms with Crippen molar-refractivity contribution in [3.63, 3.8) is 0 Å². The lowest BCUT2D eigenvalue weighted by Crippen LogP contribution is -2.63. The van der Waals surface area contributed by atoms with Crippen molar-refractivity contribution in [1.29, 1.82) is 0 Å². The Morgan fingerprint density at radius 2 is 1.33 bits per heavy atom. The van der Waals surface area contributed by atoms with E-state index in [1.54, 1.807) is 0 Å². The van der Waals surface area contributed by atoms with Gasteiger partial charge in [0.2, 0.25) is 12.4 Å². The van der Waals surface area contributed by atoms with E-state index in [-0.39, 0.29) is 16.5 Å². The largest absolute Gasteiger partial charge is 0.462 e. The predicted octanol–water partition coefficient (Wildman–Crippen LogP) is 4.81. The second-order valence-electron chi connectivity index (χ2n) is 9.14. The number of ether oxygens (including phenoxy) is 7. The molecule has 1 aliphatic rings. The minimum absolute atomic E-state index is 0.0763. The summed E-state index contributed by atoms with van der Waals surface area (Å²) >= 11 is 34.3. The van der Waals surface area contributed by atoms with Crippen LogP contribution in [0.2, 0.25) is 10.0 Å². The molecule has 260 valence electrons. The number of nitro benzene ring substituents is 1. The Morgan fingerprint density at radius 3 is 1.90 bits per heavy atom. The minimum atomic E-state index is -2.08. The monoisotopic (exact) mass is 793 g/mol. The maximum Gasteiger partial charge on any atom is 0.347 e. The number of carbonyl (C=O) groups excluding carboxylic acids is 5. The zero-order valence-electron chi connectivity index (χ0n) is 23.8. The van der Waals surface area contributed by atoms with E-state index in [0.29, 0.717) is 5.02 Å². The van der Waals surface area contributed by atoms with Gasteiger partial charge in [0.25, 0.3) is 5.69 Å². The van der Waals surface area contributed by atoms with Gasteiger partial charge < -0.3 is 33.2 Å². The number of carbonyl (C=O) groups is 5. The van der Waals surface area contributed by atoms with E-state index in [1.807, 2.05) is 0 Å². The van der Waals surface area contributed by atoms with Crippen molar-refractivity contribution in [2.75, 3.05) is 30.1 Å². The summed E-state index contributed by atoms with van der Waals surface area (Å²) in [5.74, 6) is -8.67. The van der Waals surface area contributed by atoms with Crippen molar-refractivity contribution in [1.82, 2.24) is 0 Å². The molecule has 1 fully saturated rings. The Hall–Kier alpha value is -3.31. The van der Waals surface area contributed by atoms with Crippen LogP contribution in [0.15, 0.2) is 36.4 Å². The molecule has 1 saturated heterocycles. The van der Waals surface area contributed by atoms with Gasteiger partial charge in [-0.15, -0.1) is 46.4 Å². The first-order valence-corrected chi connectivity index (χ1v) is 16.0.